The smallest absolute Gasteiger partial charge is 0.203 e. The van der Waals surface area contributed by atoms with Gasteiger partial charge in [0.25, 0.3) is 0 Å². The lowest BCUT2D eigenvalue weighted by Crippen LogP contribution is -2.02. The Hall–Kier alpha value is -2.72. The monoisotopic (exact) mass is 594 g/mol. The van der Waals surface area contributed by atoms with Crippen molar-refractivity contribution in [3.8, 4) is 17.2 Å². The maximum Gasteiger partial charge on any atom is 0.203 e. The first-order chi connectivity index (χ1) is 21.0. The summed E-state index contributed by atoms with van der Waals surface area (Å²) in [6.45, 7) is 10.5. The molecule has 0 aliphatic rings. The summed E-state index contributed by atoms with van der Waals surface area (Å²) >= 11 is 0. The number of ether oxygens (including phenoxy) is 4. The van der Waals surface area contributed by atoms with Gasteiger partial charge in [-0.15, -0.1) is 0 Å². The normalized spacial score (nSPS) is 12.1. The number of hydrogen-bond donors (Lipinski definition) is 0. The van der Waals surface area contributed by atoms with Crippen LogP contribution in [0.5, 0.6) is 17.2 Å². The lowest BCUT2D eigenvalue weighted by atomic mass is 10.1. The lowest BCUT2D eigenvalue weighted by Gasteiger charge is -2.15. The molecule has 4 heteroatoms. The van der Waals surface area contributed by atoms with Crippen LogP contribution in [0.3, 0.4) is 0 Å². The van der Waals surface area contributed by atoms with Crippen LogP contribution in [0.2, 0.25) is 0 Å². The summed E-state index contributed by atoms with van der Waals surface area (Å²) in [5, 5.41) is 0. The van der Waals surface area contributed by atoms with Gasteiger partial charge in [0.15, 0.2) is 11.5 Å². The Morgan fingerprint density at radius 2 is 1.30 bits per heavy atom. The van der Waals surface area contributed by atoms with Crippen molar-refractivity contribution in [1.29, 1.82) is 0 Å². The minimum atomic E-state index is 0.550. The molecule has 242 valence electrons. The molecule has 43 heavy (non-hydrogen) atoms. The topological polar surface area (TPSA) is 36.9 Å². The van der Waals surface area contributed by atoms with Gasteiger partial charge in [0.2, 0.25) is 5.75 Å². The number of benzene rings is 1. The van der Waals surface area contributed by atoms with Gasteiger partial charge < -0.3 is 18.9 Å². The van der Waals surface area contributed by atoms with Gasteiger partial charge in [-0.25, -0.2) is 0 Å². The molecule has 0 unspecified atom stereocenters. The molecule has 0 atom stereocenters. The summed E-state index contributed by atoms with van der Waals surface area (Å²) in [6, 6.07) is 3.97. The molecule has 0 amide bonds. The Morgan fingerprint density at radius 3 is 1.93 bits per heavy atom. The third-order valence-electron chi connectivity index (χ3n) is 7.24. The highest BCUT2D eigenvalue weighted by atomic mass is 16.5. The summed E-state index contributed by atoms with van der Waals surface area (Å²) < 4.78 is 23.2. The highest BCUT2D eigenvalue weighted by molar-refractivity contribution is 5.62. The highest BCUT2D eigenvalue weighted by Gasteiger charge is 2.13. The molecule has 0 aromatic heterocycles. The fourth-order valence-electron chi connectivity index (χ4n) is 4.62. The molecule has 1 aromatic carbocycles. The Morgan fingerprint density at radius 1 is 0.674 bits per heavy atom. The van der Waals surface area contributed by atoms with Crippen molar-refractivity contribution in [2.24, 2.45) is 0 Å². The third kappa shape index (κ3) is 20.8. The average Bonchev–Trinajstić information content (AvgIpc) is 3.00. The zero-order valence-corrected chi connectivity index (χ0v) is 28.4. The van der Waals surface area contributed by atoms with Gasteiger partial charge in [-0.3, -0.25) is 0 Å². The molecule has 0 saturated carbocycles. The number of hydrogen-bond acceptors (Lipinski definition) is 4. The van der Waals surface area contributed by atoms with Crippen LogP contribution in [-0.2, 0) is 4.74 Å². The second kappa shape index (κ2) is 26.9. The van der Waals surface area contributed by atoms with E-state index in [4.69, 9.17) is 18.9 Å². The third-order valence-corrected chi connectivity index (χ3v) is 7.24. The van der Waals surface area contributed by atoms with Crippen LogP contribution < -0.4 is 14.2 Å². The van der Waals surface area contributed by atoms with Gasteiger partial charge in [-0.1, -0.05) is 105 Å². The summed E-state index contributed by atoms with van der Waals surface area (Å²) in [5.41, 5.74) is 3.73. The molecule has 1 aromatic rings. The highest BCUT2D eigenvalue weighted by Crippen LogP contribution is 2.39. The largest absolute Gasteiger partial charge is 0.493 e. The van der Waals surface area contributed by atoms with Gasteiger partial charge in [0.1, 0.15) is 0 Å². The average molecular weight is 595 g/mol. The predicted octanol–water partition coefficient (Wildman–Crippen LogP) is 11.6. The summed E-state index contributed by atoms with van der Waals surface area (Å²) in [4.78, 5) is 0. The molecule has 0 saturated heterocycles. The number of allylic oxidation sites excluding steroid dienone is 7. The molecule has 1 rings (SSSR count). The zero-order valence-electron chi connectivity index (χ0n) is 28.4. The summed E-state index contributed by atoms with van der Waals surface area (Å²) in [5.74, 6) is 2.06. The first kappa shape index (κ1) is 38.3. The molecular weight excluding hydrogens is 532 g/mol. The molecular formula is C39H62O4. The predicted molar refractivity (Wildman–Crippen MR) is 187 cm³/mol. The molecule has 0 N–H and O–H groups in total. The maximum atomic E-state index is 6.12. The van der Waals surface area contributed by atoms with Crippen LogP contribution in [0.1, 0.15) is 123 Å². The van der Waals surface area contributed by atoms with Crippen molar-refractivity contribution in [3.63, 3.8) is 0 Å². The van der Waals surface area contributed by atoms with Gasteiger partial charge in [0, 0.05) is 0 Å². The van der Waals surface area contributed by atoms with Crippen LogP contribution in [0.15, 0.2) is 65.8 Å². The molecule has 0 aliphatic heterocycles. The quantitative estimate of drug-likeness (QED) is 0.0789. The number of unbranched alkanes of at least 4 members (excludes halogenated alkanes) is 9. The summed E-state index contributed by atoms with van der Waals surface area (Å²) in [6.07, 6.45) is 34.7. The molecule has 0 radical (unpaired) electrons. The van der Waals surface area contributed by atoms with Gasteiger partial charge in [0.05, 0.1) is 34.0 Å². The van der Waals surface area contributed by atoms with E-state index in [1.807, 2.05) is 24.3 Å². The molecule has 0 fully saturated rings. The van der Waals surface area contributed by atoms with Crippen molar-refractivity contribution in [3.05, 3.63) is 71.4 Å². The van der Waals surface area contributed by atoms with Crippen LogP contribution in [-0.4, -0.2) is 34.0 Å². The van der Waals surface area contributed by atoms with Crippen molar-refractivity contribution < 1.29 is 18.9 Å². The first-order valence-corrected chi connectivity index (χ1v) is 16.7. The second-order valence-corrected chi connectivity index (χ2v) is 11.5. The second-order valence-electron chi connectivity index (χ2n) is 11.5. The SMILES string of the molecule is CCCCC/C=C\C/C=C\CCCCCCCCOc1c(OC)cc(/C=C/COC/C=C(\C)CCC=C(C)C)cc1OC. The van der Waals surface area contributed by atoms with E-state index in [9.17, 15) is 0 Å². The fraction of sp³-hybridized carbons (Fsp3) is 0.590. The van der Waals surface area contributed by atoms with Crippen LogP contribution in [0.25, 0.3) is 6.08 Å². The Bertz CT molecular complexity index is 954. The standard InChI is InChI=1S/C39H62O4/c1-7-8-9-10-11-12-13-14-15-16-17-18-19-20-21-22-30-43-39-37(40-5)32-36(33-38(39)41-6)27-24-29-42-31-28-35(4)26-23-25-34(2)3/h11-12,14-15,24-25,27-28,32-33H,7-10,13,16-23,26,29-31H2,1-6H3/b12-11-,15-14-,27-24+,35-28+. The van der Waals surface area contributed by atoms with Crippen molar-refractivity contribution in [1.82, 2.24) is 0 Å². The molecule has 0 bridgehead atoms. The summed E-state index contributed by atoms with van der Waals surface area (Å²) in [7, 11) is 3.34. The van der Waals surface area contributed by atoms with Gasteiger partial charge >= 0.3 is 0 Å². The van der Waals surface area contributed by atoms with E-state index in [1.54, 1.807) is 14.2 Å². The van der Waals surface area contributed by atoms with E-state index in [-0.39, 0.29) is 0 Å². The van der Waals surface area contributed by atoms with E-state index in [0.29, 0.717) is 37.1 Å². The van der Waals surface area contributed by atoms with Crippen LogP contribution in [0, 0.1) is 0 Å². The van der Waals surface area contributed by atoms with E-state index in [0.717, 1.165) is 31.2 Å². The first-order valence-electron chi connectivity index (χ1n) is 16.7. The van der Waals surface area contributed by atoms with Crippen molar-refractivity contribution >= 4 is 6.08 Å². The van der Waals surface area contributed by atoms with Crippen molar-refractivity contribution in [2.45, 2.75) is 118 Å². The molecule has 0 heterocycles. The van der Waals surface area contributed by atoms with E-state index >= 15 is 0 Å². The lowest BCUT2D eigenvalue weighted by molar-refractivity contribution is 0.194. The Labute approximate surface area is 264 Å². The number of methoxy groups -OCH3 is 2. The van der Waals surface area contributed by atoms with Gasteiger partial charge in [-0.2, -0.15) is 0 Å². The van der Waals surface area contributed by atoms with Gasteiger partial charge in [-0.05, 0) is 89.8 Å². The van der Waals surface area contributed by atoms with Crippen LogP contribution in [0.4, 0.5) is 0 Å². The fourth-order valence-corrected chi connectivity index (χ4v) is 4.62. The Kier molecular flexibility index (Phi) is 23.9. The van der Waals surface area contributed by atoms with Crippen LogP contribution >= 0.6 is 0 Å². The maximum absolute atomic E-state index is 6.12. The van der Waals surface area contributed by atoms with E-state index in [1.165, 1.54) is 75.4 Å². The Balaban J connectivity index is 2.28. The minimum Gasteiger partial charge on any atom is -0.493 e. The minimum absolute atomic E-state index is 0.550. The molecule has 0 aliphatic carbocycles. The van der Waals surface area contributed by atoms with E-state index < -0.39 is 0 Å². The van der Waals surface area contributed by atoms with E-state index in [2.05, 4.69) is 64.2 Å². The number of rotatable bonds is 26. The molecule has 0 spiro atoms. The van der Waals surface area contributed by atoms with Crippen molar-refractivity contribution in [2.75, 3.05) is 34.0 Å². The molecule has 4 nitrogen and oxygen atoms in total. The zero-order chi connectivity index (χ0) is 31.4.